The summed E-state index contributed by atoms with van der Waals surface area (Å²) in [6.45, 7) is 0. The van der Waals surface area contributed by atoms with E-state index >= 15 is 0 Å². The lowest BCUT2D eigenvalue weighted by molar-refractivity contribution is 0.415. The third-order valence-corrected chi connectivity index (χ3v) is 3.79. The first-order valence-corrected chi connectivity index (χ1v) is 7.60. The number of nitrogens with zero attached hydrogens (tertiary/aromatic N) is 4. The minimum atomic E-state index is -0.295. The van der Waals surface area contributed by atoms with Crippen LogP contribution in [-0.4, -0.2) is 26.9 Å². The van der Waals surface area contributed by atoms with Crippen molar-refractivity contribution in [3.8, 4) is 11.4 Å². The van der Waals surface area contributed by atoms with Crippen LogP contribution in [0.5, 0.6) is 5.75 Å². The number of methoxy groups -OCH3 is 1. The molecule has 0 aliphatic rings. The summed E-state index contributed by atoms with van der Waals surface area (Å²) in [6, 6.07) is 13.6. The van der Waals surface area contributed by atoms with E-state index in [0.29, 0.717) is 11.5 Å². The SMILES string of the molecule is COc1ccc(Nc2ncnc3c2cnn3-c2ccc(F)cc2)cc1. The topological polar surface area (TPSA) is 64.9 Å². The van der Waals surface area contributed by atoms with Crippen molar-refractivity contribution in [2.24, 2.45) is 0 Å². The van der Waals surface area contributed by atoms with Crippen molar-refractivity contribution >= 4 is 22.5 Å². The molecule has 0 amide bonds. The fourth-order valence-corrected chi connectivity index (χ4v) is 2.53. The van der Waals surface area contributed by atoms with Crippen molar-refractivity contribution in [2.75, 3.05) is 12.4 Å². The van der Waals surface area contributed by atoms with Crippen LogP contribution in [0.4, 0.5) is 15.9 Å². The highest BCUT2D eigenvalue weighted by Gasteiger charge is 2.11. The van der Waals surface area contributed by atoms with Gasteiger partial charge in [0.25, 0.3) is 0 Å². The Hall–Kier alpha value is -3.48. The third kappa shape index (κ3) is 2.87. The Morgan fingerprint density at radius 1 is 1.00 bits per heavy atom. The molecular formula is C18H14FN5O. The molecule has 0 aliphatic heterocycles. The molecule has 0 radical (unpaired) electrons. The number of nitrogens with one attached hydrogen (secondary N) is 1. The molecular weight excluding hydrogens is 321 g/mol. The summed E-state index contributed by atoms with van der Waals surface area (Å²) in [7, 11) is 1.63. The number of hydrogen-bond acceptors (Lipinski definition) is 5. The maximum absolute atomic E-state index is 13.1. The monoisotopic (exact) mass is 335 g/mol. The second-order valence-corrected chi connectivity index (χ2v) is 5.35. The highest BCUT2D eigenvalue weighted by molar-refractivity contribution is 5.89. The molecule has 2 heterocycles. The molecule has 124 valence electrons. The van der Waals surface area contributed by atoms with Crippen molar-refractivity contribution < 1.29 is 9.13 Å². The molecule has 0 saturated heterocycles. The fraction of sp³-hybridized carbons (Fsp3) is 0.0556. The maximum atomic E-state index is 13.1. The van der Waals surface area contributed by atoms with Gasteiger partial charge < -0.3 is 10.1 Å². The van der Waals surface area contributed by atoms with Crippen LogP contribution in [0.25, 0.3) is 16.7 Å². The summed E-state index contributed by atoms with van der Waals surface area (Å²) < 4.78 is 19.9. The van der Waals surface area contributed by atoms with E-state index in [0.717, 1.165) is 22.5 Å². The molecule has 4 rings (SSSR count). The second-order valence-electron chi connectivity index (χ2n) is 5.35. The summed E-state index contributed by atoms with van der Waals surface area (Å²) in [5, 5.41) is 8.38. The van der Waals surface area contributed by atoms with Crippen molar-refractivity contribution in [3.63, 3.8) is 0 Å². The molecule has 1 N–H and O–H groups in total. The van der Waals surface area contributed by atoms with Gasteiger partial charge in [0.2, 0.25) is 0 Å². The highest BCUT2D eigenvalue weighted by Crippen LogP contribution is 2.25. The average molecular weight is 335 g/mol. The summed E-state index contributed by atoms with van der Waals surface area (Å²) >= 11 is 0. The van der Waals surface area contributed by atoms with E-state index in [1.807, 2.05) is 24.3 Å². The van der Waals surface area contributed by atoms with Crippen LogP contribution in [0.1, 0.15) is 0 Å². The third-order valence-electron chi connectivity index (χ3n) is 3.79. The first kappa shape index (κ1) is 15.1. The van der Waals surface area contributed by atoms with Crippen LogP contribution in [0.15, 0.2) is 61.1 Å². The summed E-state index contributed by atoms with van der Waals surface area (Å²) in [6.07, 6.45) is 3.15. The standard InChI is InChI=1S/C18H14FN5O/c1-25-15-8-4-13(5-9-15)23-17-16-10-22-24(18(16)21-11-20-17)14-6-2-12(19)3-7-14/h2-11H,1H3,(H,20,21,23). The van der Waals surface area contributed by atoms with Gasteiger partial charge in [-0.15, -0.1) is 0 Å². The Bertz CT molecular complexity index is 1010. The van der Waals surface area contributed by atoms with Crippen molar-refractivity contribution in [1.82, 2.24) is 19.7 Å². The maximum Gasteiger partial charge on any atom is 0.168 e. The molecule has 2 aromatic heterocycles. The Labute approximate surface area is 142 Å². The van der Waals surface area contributed by atoms with Crippen molar-refractivity contribution in [2.45, 2.75) is 0 Å². The summed E-state index contributed by atoms with van der Waals surface area (Å²) in [5.41, 5.74) is 2.23. The van der Waals surface area contributed by atoms with Gasteiger partial charge in [-0.25, -0.2) is 19.0 Å². The van der Waals surface area contributed by atoms with E-state index in [1.54, 1.807) is 30.1 Å². The lowest BCUT2D eigenvalue weighted by atomic mass is 10.3. The summed E-state index contributed by atoms with van der Waals surface area (Å²) in [4.78, 5) is 8.60. The zero-order chi connectivity index (χ0) is 17.2. The number of rotatable bonds is 4. The molecule has 0 saturated carbocycles. The van der Waals surface area contributed by atoms with Gasteiger partial charge >= 0.3 is 0 Å². The van der Waals surface area contributed by atoms with Crippen molar-refractivity contribution in [3.05, 3.63) is 66.9 Å². The van der Waals surface area contributed by atoms with Gasteiger partial charge in [0.1, 0.15) is 23.7 Å². The smallest absolute Gasteiger partial charge is 0.168 e. The molecule has 0 atom stereocenters. The van der Waals surface area contributed by atoms with E-state index in [4.69, 9.17) is 4.74 Å². The number of ether oxygens (including phenoxy) is 1. The van der Waals surface area contributed by atoms with Gasteiger partial charge in [-0.05, 0) is 48.5 Å². The number of benzene rings is 2. The van der Waals surface area contributed by atoms with Crippen LogP contribution in [0, 0.1) is 5.82 Å². The molecule has 0 aliphatic carbocycles. The van der Waals surface area contributed by atoms with E-state index in [9.17, 15) is 4.39 Å². The second kappa shape index (κ2) is 6.20. The fourth-order valence-electron chi connectivity index (χ4n) is 2.53. The van der Waals surface area contributed by atoms with Crippen LogP contribution < -0.4 is 10.1 Å². The molecule has 0 unspecified atom stereocenters. The number of fused-ring (bicyclic) bond motifs is 1. The van der Waals surface area contributed by atoms with Crippen molar-refractivity contribution in [1.29, 1.82) is 0 Å². The van der Waals surface area contributed by atoms with Gasteiger partial charge in [0.15, 0.2) is 5.65 Å². The van der Waals surface area contributed by atoms with Gasteiger partial charge in [0, 0.05) is 5.69 Å². The minimum absolute atomic E-state index is 0.295. The lowest BCUT2D eigenvalue weighted by Gasteiger charge is -2.08. The van der Waals surface area contributed by atoms with E-state index < -0.39 is 0 Å². The average Bonchev–Trinajstić information content (AvgIpc) is 3.08. The number of halogens is 1. The Morgan fingerprint density at radius 2 is 1.76 bits per heavy atom. The first-order valence-electron chi connectivity index (χ1n) is 7.60. The van der Waals surface area contributed by atoms with Gasteiger partial charge in [-0.1, -0.05) is 0 Å². The number of aromatic nitrogens is 4. The molecule has 0 bridgehead atoms. The van der Waals surface area contributed by atoms with E-state index in [-0.39, 0.29) is 5.82 Å². The molecule has 2 aromatic carbocycles. The molecule has 25 heavy (non-hydrogen) atoms. The van der Waals surface area contributed by atoms with Gasteiger partial charge in [-0.2, -0.15) is 5.10 Å². The zero-order valence-electron chi connectivity index (χ0n) is 13.3. The Morgan fingerprint density at radius 3 is 2.48 bits per heavy atom. The van der Waals surface area contributed by atoms with E-state index in [2.05, 4.69) is 20.4 Å². The molecule has 6 nitrogen and oxygen atoms in total. The van der Waals surface area contributed by atoms with Crippen LogP contribution in [0.3, 0.4) is 0 Å². The molecule has 4 aromatic rings. The Balaban J connectivity index is 1.72. The minimum Gasteiger partial charge on any atom is -0.497 e. The van der Waals surface area contributed by atoms with Crippen LogP contribution >= 0.6 is 0 Å². The predicted molar refractivity (Wildman–Crippen MR) is 92.9 cm³/mol. The quantitative estimate of drug-likeness (QED) is 0.616. The number of anilines is 2. The van der Waals surface area contributed by atoms with Crippen LogP contribution in [0.2, 0.25) is 0 Å². The largest absolute Gasteiger partial charge is 0.497 e. The molecule has 0 spiro atoms. The van der Waals surface area contributed by atoms with Crippen LogP contribution in [-0.2, 0) is 0 Å². The molecule has 7 heteroatoms. The first-order chi connectivity index (χ1) is 12.2. The Kier molecular flexibility index (Phi) is 3.74. The highest BCUT2D eigenvalue weighted by atomic mass is 19.1. The van der Waals surface area contributed by atoms with Gasteiger partial charge in [-0.3, -0.25) is 0 Å². The zero-order valence-corrected chi connectivity index (χ0v) is 13.3. The normalized spacial score (nSPS) is 10.8. The lowest BCUT2D eigenvalue weighted by Crippen LogP contribution is -1.99. The molecule has 0 fully saturated rings. The van der Waals surface area contributed by atoms with E-state index in [1.165, 1.54) is 18.5 Å². The summed E-state index contributed by atoms with van der Waals surface area (Å²) in [5.74, 6) is 1.13. The number of hydrogen-bond donors (Lipinski definition) is 1. The van der Waals surface area contributed by atoms with Gasteiger partial charge in [0.05, 0.1) is 24.4 Å². The predicted octanol–water partition coefficient (Wildman–Crippen LogP) is 3.71.